The molecule has 0 aliphatic carbocycles. The highest BCUT2D eigenvalue weighted by molar-refractivity contribution is 5.74. The van der Waals surface area contributed by atoms with E-state index in [1.54, 1.807) is 6.92 Å². The zero-order chi connectivity index (χ0) is 7.40. The molecule has 0 fully saturated rings. The fraction of sp³-hybridized carbons (Fsp3) is 0.167. The van der Waals surface area contributed by atoms with Crippen LogP contribution in [0.15, 0.2) is 4.42 Å². The van der Waals surface area contributed by atoms with Crippen LogP contribution in [0.4, 0.5) is 0 Å². The van der Waals surface area contributed by atoms with Crippen molar-refractivity contribution in [1.82, 2.24) is 14.9 Å². The van der Waals surface area contributed by atoms with Gasteiger partial charge in [-0.1, -0.05) is 0 Å². The van der Waals surface area contributed by atoms with Crippen molar-refractivity contribution in [2.45, 2.75) is 6.92 Å². The van der Waals surface area contributed by atoms with Crippen LogP contribution in [0.25, 0.3) is 6.08 Å². The third-order valence-corrected chi connectivity index (χ3v) is 0.821. The van der Waals surface area contributed by atoms with Crippen LogP contribution < -0.4 is 4.67 Å². The highest BCUT2D eigenvalue weighted by atomic mass is 16.4. The van der Waals surface area contributed by atoms with Gasteiger partial charge in [0.05, 0.1) is 0 Å². The third-order valence-electron chi connectivity index (χ3n) is 0.821. The Balaban J connectivity index is 2.96. The maximum atomic E-state index is 4.96. The number of nitrogens with zero attached hydrogens (tertiary/aromatic N) is 3. The Hall–Kier alpha value is -1.63. The third kappa shape index (κ3) is 1.42. The first kappa shape index (κ1) is 6.49. The van der Waals surface area contributed by atoms with Gasteiger partial charge >= 0.3 is 5.87 Å². The van der Waals surface area contributed by atoms with E-state index in [9.17, 15) is 0 Å². The Morgan fingerprint density at radius 2 is 2.50 bits per heavy atom. The Morgan fingerprint density at radius 1 is 1.70 bits per heavy atom. The number of aryl methyl sites for hydroxylation is 1. The molecule has 4 nitrogen and oxygen atoms in total. The van der Waals surface area contributed by atoms with Crippen LogP contribution in [0.1, 0.15) is 11.8 Å². The summed E-state index contributed by atoms with van der Waals surface area (Å²) in [6, 6.07) is 0. The molecule has 0 saturated heterocycles. The second kappa shape index (κ2) is 2.78. The number of hydrogen-bond donors (Lipinski definition) is 0. The largest absolute Gasteiger partial charge is 0.421 e. The van der Waals surface area contributed by atoms with Crippen LogP contribution in [-0.4, -0.2) is 22.8 Å². The van der Waals surface area contributed by atoms with Crippen LogP contribution in [0, 0.1) is 6.92 Å². The zero-order valence-electron chi connectivity index (χ0n) is 5.53. The molecule has 1 heterocycles. The lowest BCUT2D eigenvalue weighted by Crippen LogP contribution is -1.71. The molecule has 1 rings (SSSR count). The standard InChI is InChI=1S/C6H6N3O/c1-5-8-9-6(10-5)3-4-7-2/h3H,2H2,1H3/q+1. The first-order valence-corrected chi connectivity index (χ1v) is 2.67. The number of hydrogen-bond acceptors (Lipinski definition) is 3. The van der Waals surface area contributed by atoms with Crippen molar-refractivity contribution in [3.05, 3.63) is 11.8 Å². The second-order valence-corrected chi connectivity index (χ2v) is 1.59. The van der Waals surface area contributed by atoms with Crippen molar-refractivity contribution < 1.29 is 4.42 Å². The lowest BCUT2D eigenvalue weighted by molar-refractivity contribution is 0.510. The van der Waals surface area contributed by atoms with Crippen molar-refractivity contribution in [3.8, 4) is 0 Å². The van der Waals surface area contributed by atoms with Crippen LogP contribution in [-0.2, 0) is 0 Å². The Morgan fingerprint density at radius 3 is 3.00 bits per heavy atom. The molecule has 1 aromatic heterocycles. The molecule has 0 unspecified atom stereocenters. The minimum Gasteiger partial charge on any atom is -0.421 e. The van der Waals surface area contributed by atoms with Crippen molar-refractivity contribution in [3.63, 3.8) is 0 Å². The van der Waals surface area contributed by atoms with Gasteiger partial charge < -0.3 is 4.42 Å². The molecular weight excluding hydrogens is 130 g/mol. The van der Waals surface area contributed by atoms with Gasteiger partial charge in [0.1, 0.15) is 6.08 Å². The topological polar surface area (TPSA) is 53.0 Å². The van der Waals surface area contributed by atoms with E-state index in [2.05, 4.69) is 27.5 Å². The minimum atomic E-state index is 0.393. The van der Waals surface area contributed by atoms with Gasteiger partial charge in [0.15, 0.2) is 0 Å². The van der Waals surface area contributed by atoms with Gasteiger partial charge in [-0.3, -0.25) is 0 Å². The summed E-state index contributed by atoms with van der Waals surface area (Å²) in [4.78, 5) is 0. The summed E-state index contributed by atoms with van der Waals surface area (Å²) in [5.41, 5.74) is 0. The monoisotopic (exact) mass is 136 g/mol. The fourth-order valence-electron chi connectivity index (χ4n) is 0.471. The highest BCUT2D eigenvalue weighted by Gasteiger charge is 1.95. The zero-order valence-corrected chi connectivity index (χ0v) is 5.53. The first-order chi connectivity index (χ1) is 4.83. The maximum Gasteiger partial charge on any atom is 0.316 e. The molecule has 0 N–H and O–H groups in total. The minimum absolute atomic E-state index is 0.393. The van der Waals surface area contributed by atoms with Gasteiger partial charge in [-0.15, -0.1) is 10.2 Å². The molecule has 0 aliphatic rings. The molecule has 0 amide bonds. The van der Waals surface area contributed by atoms with E-state index < -0.39 is 0 Å². The molecule has 0 spiro atoms. The number of rotatable bonds is 1. The molecule has 0 atom stereocenters. The fourth-order valence-corrected chi connectivity index (χ4v) is 0.471. The van der Waals surface area contributed by atoms with E-state index in [0.717, 1.165) is 0 Å². The van der Waals surface area contributed by atoms with E-state index in [1.807, 2.05) is 0 Å². The van der Waals surface area contributed by atoms with Gasteiger partial charge in [0, 0.05) is 6.92 Å². The summed E-state index contributed by atoms with van der Waals surface area (Å²) in [5, 5.41) is 7.25. The Kier molecular flexibility index (Phi) is 1.80. The molecule has 50 valence electrons. The average molecular weight is 136 g/mol. The summed E-state index contributed by atoms with van der Waals surface area (Å²) < 4.78 is 8.31. The van der Waals surface area contributed by atoms with E-state index >= 15 is 0 Å². The summed E-state index contributed by atoms with van der Waals surface area (Å²) in [6.07, 6.45) is 1.47. The quantitative estimate of drug-likeness (QED) is 0.398. The molecule has 0 saturated carbocycles. The maximum absolute atomic E-state index is 4.96. The van der Waals surface area contributed by atoms with Crippen molar-refractivity contribution in [2.75, 3.05) is 0 Å². The molecule has 0 bridgehead atoms. The van der Waals surface area contributed by atoms with Gasteiger partial charge in [-0.2, -0.15) is 0 Å². The van der Waals surface area contributed by atoms with E-state index in [0.29, 0.717) is 11.8 Å². The Bertz CT molecular complexity index is 303. The predicted molar refractivity (Wildman–Crippen MR) is 37.8 cm³/mol. The molecular formula is C6H6N3O+. The van der Waals surface area contributed by atoms with Crippen molar-refractivity contribution in [1.29, 1.82) is 0 Å². The van der Waals surface area contributed by atoms with Crippen LogP contribution in [0.5, 0.6) is 0 Å². The molecule has 0 radical (unpaired) electrons. The summed E-state index contributed by atoms with van der Waals surface area (Å²) in [7, 11) is 0. The Labute approximate surface area is 57.6 Å². The van der Waals surface area contributed by atoms with Crippen LogP contribution in [0.3, 0.4) is 0 Å². The summed E-state index contributed by atoms with van der Waals surface area (Å²) in [5.74, 6) is 3.39. The normalized spacial score (nSPS) is 8.10. The van der Waals surface area contributed by atoms with E-state index in [4.69, 9.17) is 4.42 Å². The van der Waals surface area contributed by atoms with Crippen molar-refractivity contribution in [2.24, 2.45) is 0 Å². The lowest BCUT2D eigenvalue weighted by Gasteiger charge is -1.70. The molecule has 1 aromatic rings. The number of aromatic nitrogens is 2. The van der Waals surface area contributed by atoms with Crippen LogP contribution in [0.2, 0.25) is 0 Å². The SMILES string of the molecule is C=[N+]=C=Cc1nnc(C)o1. The van der Waals surface area contributed by atoms with E-state index in [-0.39, 0.29) is 0 Å². The molecule has 0 aromatic carbocycles. The molecule has 4 heteroatoms. The summed E-state index contributed by atoms with van der Waals surface area (Å²) >= 11 is 0. The molecule has 10 heavy (non-hydrogen) atoms. The van der Waals surface area contributed by atoms with E-state index in [1.165, 1.54) is 6.08 Å². The van der Waals surface area contributed by atoms with Crippen LogP contribution >= 0.6 is 0 Å². The second-order valence-electron chi connectivity index (χ2n) is 1.59. The highest BCUT2D eigenvalue weighted by Crippen LogP contribution is 1.96. The van der Waals surface area contributed by atoms with Gasteiger partial charge in [-0.25, -0.2) is 0 Å². The molecule has 0 aliphatic heterocycles. The lowest BCUT2D eigenvalue weighted by atomic mass is 10.6. The van der Waals surface area contributed by atoms with Gasteiger partial charge in [-0.05, 0) is 4.67 Å². The predicted octanol–water partition coefficient (Wildman–Crippen LogP) is -0.171. The summed E-state index contributed by atoms with van der Waals surface area (Å²) in [6.45, 7) is 4.91. The van der Waals surface area contributed by atoms with Crippen molar-refractivity contribution >= 4 is 18.7 Å². The smallest absolute Gasteiger partial charge is 0.316 e. The average Bonchev–Trinajstić information content (AvgIpc) is 2.31. The van der Waals surface area contributed by atoms with Gasteiger partial charge in [0.2, 0.25) is 5.89 Å². The first-order valence-electron chi connectivity index (χ1n) is 2.67. The van der Waals surface area contributed by atoms with Gasteiger partial charge in [0.25, 0.3) is 12.6 Å².